The molecule has 110 valence electrons. The lowest BCUT2D eigenvalue weighted by Gasteiger charge is -2.11. The van der Waals surface area contributed by atoms with Gasteiger partial charge in [0.25, 0.3) is 5.91 Å². The zero-order chi connectivity index (χ0) is 15.2. The first-order valence-corrected chi connectivity index (χ1v) is 6.50. The molecule has 0 aromatic heterocycles. The second kappa shape index (κ2) is 6.85. The van der Waals surface area contributed by atoms with Crippen LogP contribution in [0.3, 0.4) is 0 Å². The van der Waals surface area contributed by atoms with Crippen LogP contribution < -0.4 is 11.1 Å². The van der Waals surface area contributed by atoms with Gasteiger partial charge in [0, 0.05) is 19.3 Å². The Morgan fingerprint density at radius 3 is 2.62 bits per heavy atom. The van der Waals surface area contributed by atoms with Crippen LogP contribution in [0.2, 0.25) is 0 Å². The molecule has 2 aromatic rings. The van der Waals surface area contributed by atoms with E-state index in [2.05, 4.69) is 5.32 Å². The number of halogens is 1. The molecule has 2 rings (SSSR count). The molecular weight excluding hydrogens is 271 g/mol. The van der Waals surface area contributed by atoms with E-state index in [0.717, 1.165) is 17.2 Å². The van der Waals surface area contributed by atoms with Crippen molar-refractivity contribution in [1.82, 2.24) is 5.32 Å². The third-order valence-corrected chi connectivity index (χ3v) is 3.12. The van der Waals surface area contributed by atoms with Crippen LogP contribution in [0, 0.1) is 5.82 Å². The van der Waals surface area contributed by atoms with E-state index in [9.17, 15) is 9.18 Å². The lowest BCUT2D eigenvalue weighted by Crippen LogP contribution is -2.24. The van der Waals surface area contributed by atoms with E-state index in [4.69, 9.17) is 10.5 Å². The number of carbonyl (C=O) groups is 1. The minimum absolute atomic E-state index is 0.123. The van der Waals surface area contributed by atoms with Gasteiger partial charge < -0.3 is 15.8 Å². The maximum atomic E-state index is 13.0. The molecule has 0 aliphatic rings. The molecule has 0 radical (unpaired) electrons. The average Bonchev–Trinajstić information content (AvgIpc) is 2.46. The SMILES string of the molecule is COCc1ccccc1CNC(=O)c1ccc(F)cc1N. The molecule has 0 saturated carbocycles. The fourth-order valence-corrected chi connectivity index (χ4v) is 2.04. The summed E-state index contributed by atoms with van der Waals surface area (Å²) in [4.78, 5) is 12.1. The van der Waals surface area contributed by atoms with Crippen molar-refractivity contribution < 1.29 is 13.9 Å². The molecule has 3 N–H and O–H groups in total. The zero-order valence-electron chi connectivity index (χ0n) is 11.7. The van der Waals surface area contributed by atoms with Crippen molar-refractivity contribution in [3.05, 3.63) is 65.0 Å². The number of methoxy groups -OCH3 is 1. The van der Waals surface area contributed by atoms with E-state index in [1.54, 1.807) is 7.11 Å². The van der Waals surface area contributed by atoms with Crippen molar-refractivity contribution >= 4 is 11.6 Å². The largest absolute Gasteiger partial charge is 0.398 e. The Morgan fingerprint density at radius 1 is 1.24 bits per heavy atom. The summed E-state index contributed by atoms with van der Waals surface area (Å²) in [5.41, 5.74) is 8.01. The third kappa shape index (κ3) is 3.79. The lowest BCUT2D eigenvalue weighted by atomic mass is 10.1. The molecule has 0 fully saturated rings. The summed E-state index contributed by atoms with van der Waals surface area (Å²) in [5.74, 6) is -0.797. The summed E-state index contributed by atoms with van der Waals surface area (Å²) >= 11 is 0. The number of hydrogen-bond donors (Lipinski definition) is 2. The van der Waals surface area contributed by atoms with E-state index in [-0.39, 0.29) is 17.2 Å². The molecule has 0 atom stereocenters. The van der Waals surface area contributed by atoms with Crippen LogP contribution >= 0.6 is 0 Å². The van der Waals surface area contributed by atoms with E-state index < -0.39 is 5.82 Å². The molecule has 0 heterocycles. The van der Waals surface area contributed by atoms with Gasteiger partial charge in [0.15, 0.2) is 0 Å². The molecule has 0 aliphatic heterocycles. The number of nitrogen functional groups attached to an aromatic ring is 1. The molecule has 2 aromatic carbocycles. The van der Waals surface area contributed by atoms with E-state index in [1.807, 2.05) is 24.3 Å². The lowest BCUT2D eigenvalue weighted by molar-refractivity contribution is 0.0951. The van der Waals surface area contributed by atoms with Gasteiger partial charge in [0.1, 0.15) is 5.82 Å². The van der Waals surface area contributed by atoms with Crippen molar-refractivity contribution in [3.63, 3.8) is 0 Å². The Kier molecular flexibility index (Phi) is 4.90. The molecule has 5 heteroatoms. The number of rotatable bonds is 5. The first-order chi connectivity index (χ1) is 10.1. The molecule has 4 nitrogen and oxygen atoms in total. The standard InChI is InChI=1S/C16H17FN2O2/c1-21-10-12-5-3-2-4-11(12)9-19-16(20)14-7-6-13(17)8-15(14)18/h2-8H,9-10,18H2,1H3,(H,19,20). The van der Waals surface area contributed by atoms with E-state index in [1.165, 1.54) is 12.1 Å². The van der Waals surface area contributed by atoms with Gasteiger partial charge >= 0.3 is 0 Å². The van der Waals surface area contributed by atoms with Gasteiger partial charge in [-0.2, -0.15) is 0 Å². The van der Waals surface area contributed by atoms with Crippen molar-refractivity contribution in [3.8, 4) is 0 Å². The Morgan fingerprint density at radius 2 is 1.95 bits per heavy atom. The summed E-state index contributed by atoms with van der Waals surface area (Å²) in [7, 11) is 1.62. The predicted molar refractivity (Wildman–Crippen MR) is 79.1 cm³/mol. The van der Waals surface area contributed by atoms with Crippen molar-refractivity contribution in [1.29, 1.82) is 0 Å². The number of anilines is 1. The topological polar surface area (TPSA) is 64.3 Å². The van der Waals surface area contributed by atoms with Gasteiger partial charge in [-0.25, -0.2) is 4.39 Å². The van der Waals surface area contributed by atoms with Crippen LogP contribution in [0.1, 0.15) is 21.5 Å². The molecular formula is C16H17FN2O2. The normalized spacial score (nSPS) is 10.4. The maximum Gasteiger partial charge on any atom is 0.253 e. The third-order valence-electron chi connectivity index (χ3n) is 3.12. The molecule has 0 aliphatic carbocycles. The Balaban J connectivity index is 2.07. The Labute approximate surface area is 122 Å². The number of benzene rings is 2. The summed E-state index contributed by atoms with van der Waals surface area (Å²) in [6, 6.07) is 11.4. The highest BCUT2D eigenvalue weighted by Crippen LogP contribution is 2.14. The van der Waals surface area contributed by atoms with E-state index in [0.29, 0.717) is 13.2 Å². The summed E-state index contributed by atoms with van der Waals surface area (Å²) < 4.78 is 18.1. The predicted octanol–water partition coefficient (Wildman–Crippen LogP) is 2.48. The van der Waals surface area contributed by atoms with Crippen LogP contribution in [-0.4, -0.2) is 13.0 Å². The van der Waals surface area contributed by atoms with Crippen LogP contribution in [0.4, 0.5) is 10.1 Å². The number of nitrogens with two attached hydrogens (primary N) is 1. The highest BCUT2D eigenvalue weighted by Gasteiger charge is 2.11. The summed E-state index contributed by atoms with van der Waals surface area (Å²) in [6.07, 6.45) is 0. The van der Waals surface area contributed by atoms with Gasteiger partial charge in [-0.15, -0.1) is 0 Å². The number of carbonyl (C=O) groups excluding carboxylic acids is 1. The minimum Gasteiger partial charge on any atom is -0.398 e. The maximum absolute atomic E-state index is 13.0. The van der Waals surface area contributed by atoms with Gasteiger partial charge in [0.2, 0.25) is 0 Å². The van der Waals surface area contributed by atoms with Crippen molar-refractivity contribution in [2.45, 2.75) is 13.2 Å². The number of nitrogens with one attached hydrogen (secondary N) is 1. The quantitative estimate of drug-likeness (QED) is 0.831. The van der Waals surface area contributed by atoms with Crippen LogP contribution in [-0.2, 0) is 17.9 Å². The molecule has 1 amide bonds. The number of ether oxygens (including phenoxy) is 1. The highest BCUT2D eigenvalue weighted by atomic mass is 19.1. The van der Waals surface area contributed by atoms with Crippen LogP contribution in [0.5, 0.6) is 0 Å². The molecule has 0 spiro atoms. The average molecular weight is 288 g/mol. The minimum atomic E-state index is -0.463. The number of hydrogen-bond acceptors (Lipinski definition) is 3. The van der Waals surface area contributed by atoms with Gasteiger partial charge in [-0.3, -0.25) is 4.79 Å². The smallest absolute Gasteiger partial charge is 0.253 e. The fourth-order valence-electron chi connectivity index (χ4n) is 2.04. The number of amides is 1. The van der Waals surface area contributed by atoms with Crippen molar-refractivity contribution in [2.24, 2.45) is 0 Å². The monoisotopic (exact) mass is 288 g/mol. The van der Waals surface area contributed by atoms with Crippen LogP contribution in [0.15, 0.2) is 42.5 Å². The summed E-state index contributed by atoms with van der Waals surface area (Å²) in [5, 5.41) is 2.78. The molecule has 21 heavy (non-hydrogen) atoms. The first-order valence-electron chi connectivity index (χ1n) is 6.50. The fraction of sp³-hybridized carbons (Fsp3) is 0.188. The molecule has 0 unspecified atom stereocenters. The summed E-state index contributed by atoms with van der Waals surface area (Å²) in [6.45, 7) is 0.833. The second-order valence-electron chi connectivity index (χ2n) is 4.62. The van der Waals surface area contributed by atoms with Gasteiger partial charge in [-0.1, -0.05) is 24.3 Å². The molecule has 0 bridgehead atoms. The Hall–Kier alpha value is -2.40. The highest BCUT2D eigenvalue weighted by molar-refractivity contribution is 5.99. The van der Waals surface area contributed by atoms with Crippen molar-refractivity contribution in [2.75, 3.05) is 12.8 Å². The molecule has 0 saturated heterocycles. The van der Waals surface area contributed by atoms with Gasteiger partial charge in [-0.05, 0) is 29.3 Å². The second-order valence-corrected chi connectivity index (χ2v) is 4.62. The van der Waals surface area contributed by atoms with E-state index >= 15 is 0 Å². The van der Waals surface area contributed by atoms with Crippen LogP contribution in [0.25, 0.3) is 0 Å². The van der Waals surface area contributed by atoms with Gasteiger partial charge in [0.05, 0.1) is 12.2 Å². The first kappa shape index (κ1) is 15.0. The zero-order valence-corrected chi connectivity index (χ0v) is 11.7. The Bertz CT molecular complexity index is 644.